The van der Waals surface area contributed by atoms with Gasteiger partial charge in [0.05, 0.1) is 0 Å². The Morgan fingerprint density at radius 3 is 2.33 bits per heavy atom. The number of aromatic amines is 2. The molecule has 0 aliphatic carbocycles. The first-order valence-corrected chi connectivity index (χ1v) is 7.45. The second-order valence-corrected chi connectivity index (χ2v) is 5.32. The third-order valence-electron chi connectivity index (χ3n) is 3.52. The number of benzene rings is 1. The highest BCUT2D eigenvalue weighted by Crippen LogP contribution is 2.16. The fourth-order valence-corrected chi connectivity index (χ4v) is 2.28. The minimum Gasteiger partial charge on any atom is -0.355 e. The Morgan fingerprint density at radius 2 is 1.71 bits per heavy atom. The van der Waals surface area contributed by atoms with E-state index in [1.807, 2.05) is 36.4 Å². The minimum absolute atomic E-state index is 0.260. The van der Waals surface area contributed by atoms with Crippen molar-refractivity contribution in [3.8, 4) is 0 Å². The Kier molecular flexibility index (Phi) is 4.42. The zero-order valence-corrected chi connectivity index (χ0v) is 13.1. The molecule has 2 heterocycles. The van der Waals surface area contributed by atoms with Crippen LogP contribution in [0.2, 0.25) is 0 Å². The molecule has 3 aromatic rings. The van der Waals surface area contributed by atoms with Gasteiger partial charge >= 0.3 is 5.69 Å². The van der Waals surface area contributed by atoms with Gasteiger partial charge in [-0.05, 0) is 36.8 Å². The molecule has 1 amide bonds. The quantitative estimate of drug-likeness (QED) is 0.577. The highest BCUT2D eigenvalue weighted by atomic mass is 16.2. The number of nitrogens with zero attached hydrogens (tertiary/aromatic N) is 1. The summed E-state index contributed by atoms with van der Waals surface area (Å²) in [5, 5.41) is 6.04. The van der Waals surface area contributed by atoms with Crippen molar-refractivity contribution in [2.24, 2.45) is 0 Å². The van der Waals surface area contributed by atoms with E-state index in [1.54, 1.807) is 19.3 Å². The molecule has 24 heavy (non-hydrogen) atoms. The maximum Gasteiger partial charge on any atom is 0.323 e. The van der Waals surface area contributed by atoms with Crippen LogP contribution >= 0.6 is 0 Å². The maximum absolute atomic E-state index is 12.0. The van der Waals surface area contributed by atoms with Crippen molar-refractivity contribution in [2.45, 2.75) is 13.5 Å². The summed E-state index contributed by atoms with van der Waals surface area (Å²) in [5.41, 5.74) is 3.26. The molecule has 3 rings (SSSR count). The van der Waals surface area contributed by atoms with E-state index in [2.05, 4.69) is 25.6 Å². The molecule has 0 saturated carbocycles. The minimum atomic E-state index is -0.385. The summed E-state index contributed by atoms with van der Waals surface area (Å²) in [4.78, 5) is 32.2. The lowest BCUT2D eigenvalue weighted by Gasteiger charge is -2.08. The average molecular weight is 323 g/mol. The van der Waals surface area contributed by atoms with Crippen LogP contribution in [0.15, 0.2) is 53.6 Å². The van der Waals surface area contributed by atoms with Crippen molar-refractivity contribution in [2.75, 3.05) is 5.32 Å². The average Bonchev–Trinajstić information content (AvgIpc) is 2.93. The molecular weight excluding hydrogens is 306 g/mol. The molecule has 122 valence electrons. The van der Waals surface area contributed by atoms with Crippen LogP contribution in [0.1, 0.15) is 21.7 Å². The number of hydrogen-bond donors (Lipinski definition) is 4. The summed E-state index contributed by atoms with van der Waals surface area (Å²) in [6, 6.07) is 11.5. The summed E-state index contributed by atoms with van der Waals surface area (Å²) in [6.07, 6.45) is 3.44. The van der Waals surface area contributed by atoms with Crippen LogP contribution in [0.4, 0.5) is 11.4 Å². The lowest BCUT2D eigenvalue weighted by Crippen LogP contribution is -2.24. The molecule has 0 unspecified atom stereocenters. The fourth-order valence-electron chi connectivity index (χ4n) is 2.28. The molecule has 1 aromatic carbocycles. The zero-order chi connectivity index (χ0) is 16.9. The highest BCUT2D eigenvalue weighted by molar-refractivity contribution is 5.93. The van der Waals surface area contributed by atoms with Crippen molar-refractivity contribution in [1.29, 1.82) is 0 Å². The molecule has 4 N–H and O–H groups in total. The zero-order valence-electron chi connectivity index (χ0n) is 13.1. The topological polar surface area (TPSA) is 103 Å². The third kappa shape index (κ3) is 3.70. The first kappa shape index (κ1) is 15.5. The number of aryl methyl sites for hydroxylation is 1. The monoisotopic (exact) mass is 323 g/mol. The number of nitrogens with one attached hydrogen (secondary N) is 4. The third-order valence-corrected chi connectivity index (χ3v) is 3.52. The molecule has 7 heteroatoms. The second-order valence-electron chi connectivity index (χ2n) is 5.32. The van der Waals surface area contributed by atoms with E-state index < -0.39 is 0 Å². The van der Waals surface area contributed by atoms with Gasteiger partial charge in [-0.3, -0.25) is 9.78 Å². The van der Waals surface area contributed by atoms with Crippen LogP contribution < -0.4 is 16.3 Å². The van der Waals surface area contributed by atoms with E-state index in [0.29, 0.717) is 12.2 Å². The summed E-state index contributed by atoms with van der Waals surface area (Å²) in [6.45, 7) is 2.05. The van der Waals surface area contributed by atoms with Crippen LogP contribution in [0.3, 0.4) is 0 Å². The van der Waals surface area contributed by atoms with Crippen LogP contribution in [-0.4, -0.2) is 20.9 Å². The first-order chi connectivity index (χ1) is 11.6. The Balaban J connectivity index is 1.59. The lowest BCUT2D eigenvalue weighted by molar-refractivity contribution is 0.0945. The highest BCUT2D eigenvalue weighted by Gasteiger charge is 2.11. The normalized spacial score (nSPS) is 10.4. The number of hydrogen-bond acceptors (Lipinski definition) is 4. The number of anilines is 2. The van der Waals surface area contributed by atoms with Gasteiger partial charge in [-0.1, -0.05) is 12.1 Å². The molecule has 0 aliphatic rings. The Hall–Kier alpha value is -3.35. The van der Waals surface area contributed by atoms with Gasteiger partial charge in [-0.15, -0.1) is 0 Å². The van der Waals surface area contributed by atoms with Gasteiger partial charge in [0.15, 0.2) is 0 Å². The largest absolute Gasteiger partial charge is 0.355 e. The van der Waals surface area contributed by atoms with Crippen LogP contribution in [0, 0.1) is 6.92 Å². The standard InChI is InChI=1S/C17H17N5O2/c1-11-15(22-17(24)20-11)16(23)19-10-12-2-4-13(5-3-12)21-14-6-8-18-9-7-14/h2-9H,10H2,1H3,(H,18,21)(H,19,23)(H2,20,22,24). The Labute approximate surface area is 138 Å². The molecule has 7 nitrogen and oxygen atoms in total. The Bertz CT molecular complexity index is 881. The molecule has 0 aliphatic heterocycles. The summed E-state index contributed by atoms with van der Waals surface area (Å²) >= 11 is 0. The number of carbonyl (C=O) groups excluding carboxylic acids is 1. The molecule has 0 atom stereocenters. The van der Waals surface area contributed by atoms with E-state index in [-0.39, 0.29) is 17.3 Å². The van der Waals surface area contributed by atoms with Gasteiger partial charge < -0.3 is 20.6 Å². The number of pyridine rings is 1. The van der Waals surface area contributed by atoms with Crippen LogP contribution in [0.5, 0.6) is 0 Å². The van der Waals surface area contributed by atoms with Gasteiger partial charge in [0.25, 0.3) is 5.91 Å². The molecular formula is C17H17N5O2. The Morgan fingerprint density at radius 1 is 1.04 bits per heavy atom. The van der Waals surface area contributed by atoms with E-state index >= 15 is 0 Å². The van der Waals surface area contributed by atoms with Crippen molar-refractivity contribution in [3.05, 3.63) is 76.2 Å². The van der Waals surface area contributed by atoms with Gasteiger partial charge in [-0.2, -0.15) is 0 Å². The number of aromatic nitrogens is 3. The molecule has 0 spiro atoms. The van der Waals surface area contributed by atoms with E-state index in [9.17, 15) is 9.59 Å². The molecule has 0 bridgehead atoms. The molecule has 0 saturated heterocycles. The van der Waals surface area contributed by atoms with Crippen molar-refractivity contribution in [1.82, 2.24) is 20.3 Å². The maximum atomic E-state index is 12.0. The SMILES string of the molecule is Cc1[nH]c(=O)[nH]c1C(=O)NCc1ccc(Nc2ccncc2)cc1. The van der Waals surface area contributed by atoms with Gasteiger partial charge in [0.1, 0.15) is 5.69 Å². The van der Waals surface area contributed by atoms with Crippen molar-refractivity contribution in [3.63, 3.8) is 0 Å². The summed E-state index contributed by atoms with van der Waals surface area (Å²) in [7, 11) is 0. The molecule has 2 aromatic heterocycles. The summed E-state index contributed by atoms with van der Waals surface area (Å²) < 4.78 is 0. The smallest absolute Gasteiger partial charge is 0.323 e. The van der Waals surface area contributed by atoms with Gasteiger partial charge in [0, 0.05) is 36.0 Å². The number of carbonyl (C=O) groups is 1. The summed E-state index contributed by atoms with van der Waals surface area (Å²) in [5.74, 6) is -0.315. The van der Waals surface area contributed by atoms with Gasteiger partial charge in [-0.25, -0.2) is 4.79 Å². The van der Waals surface area contributed by atoms with Crippen molar-refractivity contribution < 1.29 is 4.79 Å². The second kappa shape index (κ2) is 6.82. The predicted molar refractivity (Wildman–Crippen MR) is 91.3 cm³/mol. The predicted octanol–water partition coefficient (Wildman–Crippen LogP) is 2.08. The van der Waals surface area contributed by atoms with E-state index in [1.165, 1.54) is 0 Å². The number of H-pyrrole nitrogens is 2. The lowest BCUT2D eigenvalue weighted by atomic mass is 10.2. The number of rotatable bonds is 5. The first-order valence-electron chi connectivity index (χ1n) is 7.45. The van der Waals surface area contributed by atoms with Crippen molar-refractivity contribution >= 4 is 17.3 Å². The van der Waals surface area contributed by atoms with Gasteiger partial charge in [0.2, 0.25) is 0 Å². The fraction of sp³-hybridized carbons (Fsp3) is 0.118. The molecule has 0 radical (unpaired) electrons. The van der Waals surface area contributed by atoms with Crippen LogP contribution in [0.25, 0.3) is 0 Å². The molecule has 0 fully saturated rings. The van der Waals surface area contributed by atoms with Crippen LogP contribution in [-0.2, 0) is 6.54 Å². The van der Waals surface area contributed by atoms with E-state index in [4.69, 9.17) is 0 Å². The number of imidazole rings is 1. The number of amides is 1. The van der Waals surface area contributed by atoms with E-state index in [0.717, 1.165) is 16.9 Å².